The minimum atomic E-state index is -0.0763. The van der Waals surface area contributed by atoms with Crippen LogP contribution in [0.25, 0.3) is 10.8 Å². The van der Waals surface area contributed by atoms with Crippen molar-refractivity contribution in [1.29, 1.82) is 0 Å². The molecule has 1 heteroatoms. The fraction of sp³-hybridized carbons (Fsp3) is 0.190. The second-order valence-electron chi connectivity index (χ2n) is 6.58. The van der Waals surface area contributed by atoms with Crippen LogP contribution in [0.4, 0.5) is 0 Å². The Hall–Kier alpha value is -2.41. The molecule has 1 spiro atoms. The van der Waals surface area contributed by atoms with E-state index in [9.17, 15) is 4.79 Å². The Morgan fingerprint density at radius 1 is 0.818 bits per heavy atom. The summed E-state index contributed by atoms with van der Waals surface area (Å²) in [5, 5.41) is 2.40. The predicted molar refractivity (Wildman–Crippen MR) is 88.4 cm³/mol. The van der Waals surface area contributed by atoms with Crippen molar-refractivity contribution in [2.75, 3.05) is 0 Å². The molecule has 0 saturated heterocycles. The fourth-order valence-corrected chi connectivity index (χ4v) is 4.48. The van der Waals surface area contributed by atoms with Crippen molar-refractivity contribution < 1.29 is 4.79 Å². The number of aryl methyl sites for hydroxylation is 1. The third-order valence-corrected chi connectivity index (χ3v) is 5.52. The van der Waals surface area contributed by atoms with E-state index in [4.69, 9.17) is 0 Å². The van der Waals surface area contributed by atoms with Gasteiger partial charge in [0.15, 0.2) is 5.78 Å². The molecule has 0 N–H and O–H groups in total. The van der Waals surface area contributed by atoms with E-state index < -0.39 is 0 Å². The van der Waals surface area contributed by atoms with E-state index in [-0.39, 0.29) is 5.41 Å². The lowest BCUT2D eigenvalue weighted by molar-refractivity contribution is 0.0980. The zero-order valence-electron chi connectivity index (χ0n) is 12.3. The van der Waals surface area contributed by atoms with E-state index in [1.807, 2.05) is 6.07 Å². The third-order valence-electron chi connectivity index (χ3n) is 5.52. The summed E-state index contributed by atoms with van der Waals surface area (Å²) in [6, 6.07) is 21.4. The summed E-state index contributed by atoms with van der Waals surface area (Å²) in [5.41, 5.74) is 4.90. The highest BCUT2D eigenvalue weighted by molar-refractivity contribution is 6.06. The molecule has 3 aromatic rings. The van der Waals surface area contributed by atoms with E-state index in [1.165, 1.54) is 22.1 Å². The molecule has 0 aromatic heterocycles. The molecule has 1 nitrogen and oxygen atoms in total. The normalized spacial score (nSPS) is 22.3. The standard InChI is InChI=1S/C21H16O/c22-20-13-21(10-9-14-5-3-4-8-18(14)21)19-12-16-7-2-1-6-15(16)11-17(19)20/h1-8,11-12H,9-10,13H2. The number of ketones is 1. The maximum Gasteiger partial charge on any atom is 0.164 e. The number of hydrogen-bond donors (Lipinski definition) is 0. The summed E-state index contributed by atoms with van der Waals surface area (Å²) in [6.07, 6.45) is 2.77. The Bertz CT molecular complexity index is 938. The Labute approximate surface area is 129 Å². The van der Waals surface area contributed by atoms with Gasteiger partial charge in [-0.3, -0.25) is 4.79 Å². The maximum atomic E-state index is 12.7. The van der Waals surface area contributed by atoms with Crippen LogP contribution >= 0.6 is 0 Å². The highest BCUT2D eigenvalue weighted by atomic mass is 16.1. The molecule has 2 aliphatic rings. The van der Waals surface area contributed by atoms with Crippen LogP contribution in [0.2, 0.25) is 0 Å². The van der Waals surface area contributed by atoms with Crippen molar-refractivity contribution in [1.82, 2.24) is 0 Å². The molecule has 0 bridgehead atoms. The Morgan fingerprint density at radius 2 is 1.55 bits per heavy atom. The van der Waals surface area contributed by atoms with Crippen LogP contribution in [0.1, 0.15) is 39.9 Å². The Kier molecular flexibility index (Phi) is 2.25. The lowest BCUT2D eigenvalue weighted by atomic mass is 9.76. The molecule has 1 unspecified atom stereocenters. The first-order chi connectivity index (χ1) is 10.8. The number of carbonyl (C=O) groups is 1. The predicted octanol–water partition coefficient (Wildman–Crippen LogP) is 4.66. The topological polar surface area (TPSA) is 17.1 Å². The fourth-order valence-electron chi connectivity index (χ4n) is 4.48. The maximum absolute atomic E-state index is 12.7. The Balaban J connectivity index is 1.84. The van der Waals surface area contributed by atoms with Crippen molar-refractivity contribution in [3.05, 3.63) is 82.9 Å². The van der Waals surface area contributed by atoms with Gasteiger partial charge in [0, 0.05) is 17.4 Å². The van der Waals surface area contributed by atoms with Crippen LogP contribution < -0.4 is 0 Å². The van der Waals surface area contributed by atoms with Crippen molar-refractivity contribution in [2.45, 2.75) is 24.7 Å². The van der Waals surface area contributed by atoms with Gasteiger partial charge in [-0.15, -0.1) is 0 Å². The zero-order valence-corrected chi connectivity index (χ0v) is 12.3. The summed E-state index contributed by atoms with van der Waals surface area (Å²) in [5.74, 6) is 0.303. The van der Waals surface area contributed by atoms with Gasteiger partial charge in [-0.1, -0.05) is 48.5 Å². The lowest BCUT2D eigenvalue weighted by Crippen LogP contribution is -2.21. The van der Waals surface area contributed by atoms with E-state index in [2.05, 4.69) is 54.6 Å². The van der Waals surface area contributed by atoms with Crippen molar-refractivity contribution in [3.63, 3.8) is 0 Å². The van der Waals surface area contributed by atoms with E-state index in [0.29, 0.717) is 12.2 Å². The summed E-state index contributed by atoms with van der Waals surface area (Å²) in [7, 11) is 0. The van der Waals surface area contributed by atoms with Gasteiger partial charge in [-0.2, -0.15) is 0 Å². The first-order valence-corrected chi connectivity index (χ1v) is 7.93. The van der Waals surface area contributed by atoms with Gasteiger partial charge in [0.2, 0.25) is 0 Å². The van der Waals surface area contributed by atoms with E-state index in [1.54, 1.807) is 0 Å². The molecule has 0 fully saturated rings. The average Bonchev–Trinajstić information content (AvgIpc) is 3.06. The van der Waals surface area contributed by atoms with Crippen LogP contribution in [0.5, 0.6) is 0 Å². The number of hydrogen-bond acceptors (Lipinski definition) is 1. The van der Waals surface area contributed by atoms with Gasteiger partial charge >= 0.3 is 0 Å². The van der Waals surface area contributed by atoms with Gasteiger partial charge < -0.3 is 0 Å². The Morgan fingerprint density at radius 3 is 2.41 bits per heavy atom. The molecule has 1 atom stereocenters. The zero-order chi connectivity index (χ0) is 14.7. The molecule has 2 aliphatic carbocycles. The van der Waals surface area contributed by atoms with Crippen molar-refractivity contribution in [3.8, 4) is 0 Å². The molecular weight excluding hydrogens is 268 g/mol. The van der Waals surface area contributed by atoms with Gasteiger partial charge in [-0.25, -0.2) is 0 Å². The number of benzene rings is 3. The smallest absolute Gasteiger partial charge is 0.164 e. The molecule has 3 aromatic carbocycles. The second-order valence-corrected chi connectivity index (χ2v) is 6.58. The third kappa shape index (κ3) is 1.41. The number of rotatable bonds is 0. The molecule has 0 saturated carbocycles. The second kappa shape index (κ2) is 4.07. The molecule has 0 radical (unpaired) electrons. The van der Waals surface area contributed by atoms with Crippen molar-refractivity contribution >= 4 is 16.6 Å². The molecule has 0 aliphatic heterocycles. The van der Waals surface area contributed by atoms with Gasteiger partial charge in [0.1, 0.15) is 0 Å². The van der Waals surface area contributed by atoms with Gasteiger partial charge in [0.05, 0.1) is 0 Å². The van der Waals surface area contributed by atoms with Crippen LogP contribution in [-0.4, -0.2) is 5.78 Å². The first kappa shape index (κ1) is 12.2. The molecule has 0 amide bonds. The number of fused-ring (bicyclic) bond motifs is 5. The van der Waals surface area contributed by atoms with Gasteiger partial charge in [0.25, 0.3) is 0 Å². The van der Waals surface area contributed by atoms with Crippen LogP contribution in [0.3, 0.4) is 0 Å². The molecular formula is C21H16O. The largest absolute Gasteiger partial charge is 0.294 e. The quantitative estimate of drug-likeness (QED) is 0.587. The molecule has 5 rings (SSSR count). The first-order valence-electron chi connectivity index (χ1n) is 7.93. The minimum absolute atomic E-state index is 0.0763. The van der Waals surface area contributed by atoms with Crippen LogP contribution in [-0.2, 0) is 11.8 Å². The van der Waals surface area contributed by atoms with Crippen LogP contribution in [0, 0.1) is 0 Å². The highest BCUT2D eigenvalue weighted by Crippen LogP contribution is 2.52. The summed E-state index contributed by atoms with van der Waals surface area (Å²) >= 11 is 0. The minimum Gasteiger partial charge on any atom is -0.294 e. The average molecular weight is 284 g/mol. The summed E-state index contributed by atoms with van der Waals surface area (Å²) in [4.78, 5) is 12.7. The van der Waals surface area contributed by atoms with E-state index in [0.717, 1.165) is 23.8 Å². The van der Waals surface area contributed by atoms with Gasteiger partial charge in [-0.05, 0) is 52.4 Å². The molecule has 106 valence electrons. The number of Topliss-reactive ketones (excluding diaryl/α,β-unsaturated/α-hetero) is 1. The number of carbonyl (C=O) groups excluding carboxylic acids is 1. The van der Waals surface area contributed by atoms with Crippen LogP contribution in [0.15, 0.2) is 60.7 Å². The van der Waals surface area contributed by atoms with E-state index >= 15 is 0 Å². The monoisotopic (exact) mass is 284 g/mol. The summed E-state index contributed by atoms with van der Waals surface area (Å²) < 4.78 is 0. The van der Waals surface area contributed by atoms with Crippen molar-refractivity contribution in [2.24, 2.45) is 0 Å². The highest BCUT2D eigenvalue weighted by Gasteiger charge is 2.48. The SMILES string of the molecule is O=C1CC2(CCc3ccccc32)c2cc3ccccc3cc21. The lowest BCUT2D eigenvalue weighted by Gasteiger charge is -2.26. The molecule has 22 heavy (non-hydrogen) atoms. The summed E-state index contributed by atoms with van der Waals surface area (Å²) in [6.45, 7) is 0. The molecule has 0 heterocycles.